The van der Waals surface area contributed by atoms with Crippen molar-refractivity contribution in [2.45, 2.75) is 19.1 Å². The molecule has 0 radical (unpaired) electrons. The van der Waals surface area contributed by atoms with E-state index in [4.69, 9.17) is 4.74 Å². The van der Waals surface area contributed by atoms with Crippen molar-refractivity contribution in [1.29, 1.82) is 0 Å². The van der Waals surface area contributed by atoms with Gasteiger partial charge in [0.05, 0.1) is 0 Å². The number of ether oxygens (including phenoxy) is 1. The van der Waals surface area contributed by atoms with Gasteiger partial charge in [-0.25, -0.2) is 4.79 Å². The lowest BCUT2D eigenvalue weighted by molar-refractivity contribution is -0.125. The van der Waals surface area contributed by atoms with E-state index in [9.17, 15) is 9.59 Å². The van der Waals surface area contributed by atoms with Gasteiger partial charge in [0.25, 0.3) is 0 Å². The van der Waals surface area contributed by atoms with E-state index < -0.39 is 12.1 Å². The minimum absolute atomic E-state index is 0.159. The number of benzene rings is 3. The Balaban J connectivity index is 1.54. The minimum Gasteiger partial charge on any atom is -0.444 e. The number of fused-ring (bicyclic) bond motifs is 1. The average Bonchev–Trinajstić information content (AvgIpc) is 2.74. The molecule has 0 unspecified atom stereocenters. The zero-order valence-electron chi connectivity index (χ0n) is 15.2. The highest BCUT2D eigenvalue weighted by Gasteiger charge is 2.32. The Hall–Kier alpha value is -3.60. The molecule has 0 saturated heterocycles. The normalized spacial score (nSPS) is 16.1. The van der Waals surface area contributed by atoms with Crippen molar-refractivity contribution in [2.24, 2.45) is 0 Å². The van der Waals surface area contributed by atoms with Crippen LogP contribution in [0.25, 0.3) is 10.8 Å². The Morgan fingerprint density at radius 3 is 2.57 bits per heavy atom. The van der Waals surface area contributed by atoms with Crippen LogP contribution in [-0.4, -0.2) is 22.9 Å². The molecule has 0 saturated carbocycles. The second kappa shape index (κ2) is 7.96. The van der Waals surface area contributed by atoms with Gasteiger partial charge in [0.2, 0.25) is 5.91 Å². The molecule has 0 fully saturated rings. The predicted molar refractivity (Wildman–Crippen MR) is 107 cm³/mol. The summed E-state index contributed by atoms with van der Waals surface area (Å²) in [5.41, 5.74) is 1.90. The first kappa shape index (κ1) is 17.8. The van der Waals surface area contributed by atoms with Gasteiger partial charge in [-0.3, -0.25) is 9.69 Å². The van der Waals surface area contributed by atoms with Crippen LogP contribution in [0.4, 0.5) is 4.79 Å². The molecule has 140 valence electrons. The van der Waals surface area contributed by atoms with Crippen LogP contribution < -0.4 is 5.32 Å². The van der Waals surface area contributed by atoms with Crippen molar-refractivity contribution in [3.05, 3.63) is 96.3 Å². The highest BCUT2D eigenvalue weighted by atomic mass is 16.6. The Bertz CT molecular complexity index is 1020. The van der Waals surface area contributed by atoms with Crippen molar-refractivity contribution in [3.8, 4) is 0 Å². The second-order valence-corrected chi connectivity index (χ2v) is 6.63. The molecule has 1 atom stereocenters. The summed E-state index contributed by atoms with van der Waals surface area (Å²) in [6, 6.07) is 22.8. The van der Waals surface area contributed by atoms with E-state index in [2.05, 4.69) is 5.32 Å². The molecule has 4 rings (SSSR count). The predicted octanol–water partition coefficient (Wildman–Crippen LogP) is 3.99. The number of carbonyl (C=O) groups is 2. The fourth-order valence-electron chi connectivity index (χ4n) is 3.38. The summed E-state index contributed by atoms with van der Waals surface area (Å²) in [5.74, 6) is -0.230. The lowest BCUT2D eigenvalue weighted by atomic mass is 9.97. The van der Waals surface area contributed by atoms with E-state index in [1.165, 1.54) is 11.1 Å². The smallest absolute Gasteiger partial charge is 0.414 e. The summed E-state index contributed by atoms with van der Waals surface area (Å²) in [4.78, 5) is 26.5. The maximum absolute atomic E-state index is 12.7. The summed E-state index contributed by atoms with van der Waals surface area (Å²) in [6.07, 6.45) is 2.88. The number of rotatable bonds is 4. The Labute approximate surface area is 163 Å². The highest BCUT2D eigenvalue weighted by Crippen LogP contribution is 2.22. The van der Waals surface area contributed by atoms with Gasteiger partial charge in [-0.1, -0.05) is 72.8 Å². The number of carbonyl (C=O) groups excluding carboxylic acids is 2. The van der Waals surface area contributed by atoms with E-state index in [1.54, 1.807) is 6.20 Å². The summed E-state index contributed by atoms with van der Waals surface area (Å²) in [7, 11) is 0. The number of hydrogen-bond donors (Lipinski definition) is 1. The van der Waals surface area contributed by atoms with E-state index in [-0.39, 0.29) is 12.5 Å². The van der Waals surface area contributed by atoms with Crippen molar-refractivity contribution >= 4 is 22.8 Å². The third-order valence-electron chi connectivity index (χ3n) is 4.81. The average molecular weight is 372 g/mol. The molecule has 0 aromatic heterocycles. The second-order valence-electron chi connectivity index (χ2n) is 6.63. The maximum atomic E-state index is 12.7. The van der Waals surface area contributed by atoms with E-state index in [0.717, 1.165) is 21.9 Å². The van der Waals surface area contributed by atoms with Crippen LogP contribution >= 0.6 is 0 Å². The number of amides is 2. The number of nitrogens with one attached hydrogen (secondary N) is 1. The molecule has 0 bridgehead atoms. The summed E-state index contributed by atoms with van der Waals surface area (Å²) in [6.45, 7) is 0.159. The molecule has 28 heavy (non-hydrogen) atoms. The first-order chi connectivity index (χ1) is 13.7. The summed E-state index contributed by atoms with van der Waals surface area (Å²) < 4.78 is 5.43. The molecule has 5 nitrogen and oxygen atoms in total. The molecular weight excluding hydrogens is 352 g/mol. The molecule has 1 aliphatic heterocycles. The zero-order chi connectivity index (χ0) is 19.3. The van der Waals surface area contributed by atoms with Crippen LogP contribution in [0.5, 0.6) is 0 Å². The van der Waals surface area contributed by atoms with E-state index in [0.29, 0.717) is 6.42 Å². The van der Waals surface area contributed by atoms with Gasteiger partial charge in [-0.15, -0.1) is 0 Å². The fourth-order valence-corrected chi connectivity index (χ4v) is 3.38. The van der Waals surface area contributed by atoms with Crippen molar-refractivity contribution < 1.29 is 14.3 Å². The molecule has 5 heteroatoms. The number of nitrogens with zero attached hydrogens (tertiary/aromatic N) is 1. The van der Waals surface area contributed by atoms with Gasteiger partial charge in [0.1, 0.15) is 12.6 Å². The van der Waals surface area contributed by atoms with Crippen LogP contribution in [0.1, 0.15) is 11.1 Å². The lowest BCUT2D eigenvalue weighted by Crippen LogP contribution is -2.50. The van der Waals surface area contributed by atoms with Gasteiger partial charge >= 0.3 is 6.09 Å². The quantitative estimate of drug-likeness (QED) is 0.753. The molecule has 1 heterocycles. The molecule has 3 aromatic rings. The molecule has 2 amide bonds. The van der Waals surface area contributed by atoms with Gasteiger partial charge in [0.15, 0.2) is 0 Å². The number of hydrogen-bond acceptors (Lipinski definition) is 3. The van der Waals surface area contributed by atoms with Crippen molar-refractivity contribution in [3.63, 3.8) is 0 Å². The Kier molecular flexibility index (Phi) is 5.06. The first-order valence-corrected chi connectivity index (χ1v) is 9.15. The fraction of sp³-hybridized carbons (Fsp3) is 0.130. The van der Waals surface area contributed by atoms with E-state index >= 15 is 0 Å². The van der Waals surface area contributed by atoms with E-state index in [1.807, 2.05) is 72.8 Å². The summed E-state index contributed by atoms with van der Waals surface area (Å²) >= 11 is 0. The van der Waals surface area contributed by atoms with Crippen LogP contribution in [0.3, 0.4) is 0 Å². The van der Waals surface area contributed by atoms with Crippen molar-refractivity contribution in [2.75, 3.05) is 0 Å². The molecular formula is C23H20N2O3. The van der Waals surface area contributed by atoms with Gasteiger partial charge in [-0.05, 0) is 21.9 Å². The third kappa shape index (κ3) is 3.74. The largest absolute Gasteiger partial charge is 0.444 e. The minimum atomic E-state index is -0.668. The molecule has 0 spiro atoms. The molecule has 0 aliphatic carbocycles. The highest BCUT2D eigenvalue weighted by molar-refractivity contribution is 5.90. The van der Waals surface area contributed by atoms with Gasteiger partial charge < -0.3 is 10.1 Å². The SMILES string of the molecule is O=C1NC=CN(C(=O)OCc2ccccc2)[C@H]1Cc1cccc2ccccc12. The third-order valence-corrected chi connectivity index (χ3v) is 4.81. The monoisotopic (exact) mass is 372 g/mol. The molecule has 1 aliphatic rings. The molecule has 1 N–H and O–H groups in total. The first-order valence-electron chi connectivity index (χ1n) is 9.15. The topological polar surface area (TPSA) is 58.6 Å². The Morgan fingerprint density at radius 2 is 1.71 bits per heavy atom. The Morgan fingerprint density at radius 1 is 0.964 bits per heavy atom. The van der Waals surface area contributed by atoms with Gasteiger partial charge in [0, 0.05) is 18.8 Å². The van der Waals surface area contributed by atoms with Crippen molar-refractivity contribution in [1.82, 2.24) is 10.2 Å². The van der Waals surface area contributed by atoms with Crippen LogP contribution in [0, 0.1) is 0 Å². The standard InChI is InChI=1S/C23H20N2O3/c26-22-21(15-19-11-6-10-18-9-4-5-12-20(18)19)25(14-13-24-22)23(27)28-16-17-7-2-1-3-8-17/h1-14,21H,15-16H2,(H,24,26)/t21-/m0/s1. The zero-order valence-corrected chi connectivity index (χ0v) is 15.2. The molecule has 3 aromatic carbocycles. The van der Waals surface area contributed by atoms with Crippen LogP contribution in [0.15, 0.2) is 85.2 Å². The van der Waals surface area contributed by atoms with Crippen LogP contribution in [-0.2, 0) is 22.6 Å². The van der Waals surface area contributed by atoms with Crippen LogP contribution in [0.2, 0.25) is 0 Å². The lowest BCUT2D eigenvalue weighted by Gasteiger charge is -2.30. The summed E-state index contributed by atoms with van der Waals surface area (Å²) in [5, 5.41) is 4.87. The maximum Gasteiger partial charge on any atom is 0.414 e. The van der Waals surface area contributed by atoms with Gasteiger partial charge in [-0.2, -0.15) is 0 Å².